The van der Waals surface area contributed by atoms with Gasteiger partial charge in [0.2, 0.25) is 11.9 Å². The molecule has 100 valence electrons. The van der Waals surface area contributed by atoms with Gasteiger partial charge in [0, 0.05) is 20.6 Å². The molecule has 0 radical (unpaired) electrons. The Morgan fingerprint density at radius 1 is 1.37 bits per heavy atom. The van der Waals surface area contributed by atoms with E-state index in [1.807, 2.05) is 44.4 Å². The van der Waals surface area contributed by atoms with Crippen LogP contribution in [0.1, 0.15) is 5.56 Å². The molecule has 0 aliphatic heterocycles. The second-order valence-electron chi connectivity index (χ2n) is 4.22. The van der Waals surface area contributed by atoms with Crippen molar-refractivity contribution < 1.29 is 0 Å². The lowest BCUT2D eigenvalue weighted by Gasteiger charge is -2.08. The molecule has 0 spiro atoms. The molecular formula is C12H16N6S. The number of nitrogen functional groups attached to an aromatic ring is 1. The van der Waals surface area contributed by atoms with Crippen molar-refractivity contribution in [1.82, 2.24) is 20.1 Å². The molecule has 2 rings (SSSR count). The molecule has 1 aromatic carbocycles. The number of anilines is 2. The summed E-state index contributed by atoms with van der Waals surface area (Å²) in [5.74, 6) is 0.802. The van der Waals surface area contributed by atoms with Crippen molar-refractivity contribution >= 4 is 29.2 Å². The summed E-state index contributed by atoms with van der Waals surface area (Å²) in [5, 5.41) is 7.76. The number of aromatic nitrogens is 3. The molecule has 0 aliphatic rings. The molecule has 0 saturated heterocycles. The highest BCUT2D eigenvalue weighted by Gasteiger charge is 2.11. The van der Waals surface area contributed by atoms with E-state index in [0.29, 0.717) is 17.6 Å². The molecule has 0 bridgehead atoms. The molecule has 0 fully saturated rings. The van der Waals surface area contributed by atoms with Crippen molar-refractivity contribution in [2.45, 2.75) is 6.54 Å². The predicted molar refractivity (Wildman–Crippen MR) is 80.0 cm³/mol. The second-order valence-corrected chi connectivity index (χ2v) is 4.61. The maximum absolute atomic E-state index is 5.78. The molecule has 0 atom stereocenters. The largest absolute Gasteiger partial charge is 0.368 e. The Morgan fingerprint density at radius 3 is 2.63 bits per heavy atom. The normalized spacial score (nSPS) is 10.2. The van der Waals surface area contributed by atoms with Crippen LogP contribution < -0.4 is 16.0 Å². The minimum absolute atomic E-state index is 0.272. The standard InChI is InChI=1S/C12H16N6S/c1-17(2)11-15-10(13)18(16-11)12(19)14-8-9-6-4-3-5-7-9/h3-7H,8H2,1-2H3,(H,14,19)(H2,13,15,16). The molecule has 1 heterocycles. The number of nitrogens with one attached hydrogen (secondary N) is 1. The molecule has 1 aromatic heterocycles. The minimum atomic E-state index is 0.272. The van der Waals surface area contributed by atoms with E-state index in [2.05, 4.69) is 15.4 Å². The van der Waals surface area contributed by atoms with Gasteiger partial charge in [-0.05, 0) is 17.8 Å². The van der Waals surface area contributed by atoms with E-state index >= 15 is 0 Å². The molecule has 0 unspecified atom stereocenters. The van der Waals surface area contributed by atoms with Gasteiger partial charge in [-0.15, -0.1) is 5.10 Å². The zero-order valence-corrected chi connectivity index (χ0v) is 11.7. The van der Waals surface area contributed by atoms with Gasteiger partial charge in [0.15, 0.2) is 5.11 Å². The number of nitrogens with two attached hydrogens (primary N) is 1. The lowest BCUT2D eigenvalue weighted by atomic mass is 10.2. The smallest absolute Gasteiger partial charge is 0.246 e. The van der Waals surface area contributed by atoms with Crippen LogP contribution in [-0.4, -0.2) is 34.0 Å². The lowest BCUT2D eigenvalue weighted by Crippen LogP contribution is -2.29. The highest BCUT2D eigenvalue weighted by molar-refractivity contribution is 7.80. The van der Waals surface area contributed by atoms with Gasteiger partial charge < -0.3 is 16.0 Å². The molecule has 3 N–H and O–H groups in total. The van der Waals surface area contributed by atoms with Gasteiger partial charge in [-0.1, -0.05) is 30.3 Å². The average molecular weight is 276 g/mol. The predicted octanol–water partition coefficient (Wildman–Crippen LogP) is 0.849. The molecule has 6 nitrogen and oxygen atoms in total. The van der Waals surface area contributed by atoms with Crippen LogP contribution in [0.4, 0.5) is 11.9 Å². The molecule has 0 amide bonds. The quantitative estimate of drug-likeness (QED) is 0.810. The lowest BCUT2D eigenvalue weighted by molar-refractivity contribution is 0.836. The van der Waals surface area contributed by atoms with Gasteiger partial charge in [-0.25, -0.2) is 0 Å². The SMILES string of the molecule is CN(C)c1nc(N)n(C(=S)NCc2ccccc2)n1. The number of hydrogen-bond donors (Lipinski definition) is 2. The number of benzene rings is 1. The monoisotopic (exact) mass is 276 g/mol. The Labute approximate surface area is 117 Å². The van der Waals surface area contributed by atoms with E-state index in [1.165, 1.54) is 4.68 Å². The summed E-state index contributed by atoms with van der Waals surface area (Å²) < 4.78 is 1.42. The Bertz CT molecular complexity index is 563. The summed E-state index contributed by atoms with van der Waals surface area (Å²) in [7, 11) is 3.69. The van der Waals surface area contributed by atoms with Gasteiger partial charge >= 0.3 is 0 Å². The van der Waals surface area contributed by atoms with Crippen molar-refractivity contribution in [2.75, 3.05) is 24.7 Å². The molecule has 19 heavy (non-hydrogen) atoms. The Balaban J connectivity index is 2.04. The minimum Gasteiger partial charge on any atom is -0.368 e. The van der Waals surface area contributed by atoms with Crippen molar-refractivity contribution in [3.8, 4) is 0 Å². The summed E-state index contributed by atoms with van der Waals surface area (Å²) in [5.41, 5.74) is 6.92. The van der Waals surface area contributed by atoms with Gasteiger partial charge in [-0.2, -0.15) is 9.67 Å². The average Bonchev–Trinajstić information content (AvgIpc) is 2.80. The third-order valence-corrected chi connectivity index (χ3v) is 2.82. The summed E-state index contributed by atoms with van der Waals surface area (Å²) in [6.45, 7) is 0.621. The summed E-state index contributed by atoms with van der Waals surface area (Å²) >= 11 is 5.26. The highest BCUT2D eigenvalue weighted by atomic mass is 32.1. The first kappa shape index (κ1) is 13.3. The molecular weight excluding hydrogens is 260 g/mol. The van der Waals surface area contributed by atoms with Crippen LogP contribution in [0.5, 0.6) is 0 Å². The molecule has 0 saturated carbocycles. The first-order valence-corrected chi connectivity index (χ1v) is 6.20. The first-order valence-electron chi connectivity index (χ1n) is 5.80. The van der Waals surface area contributed by atoms with E-state index in [-0.39, 0.29) is 5.95 Å². The van der Waals surface area contributed by atoms with Crippen LogP contribution in [0.15, 0.2) is 30.3 Å². The second kappa shape index (κ2) is 5.66. The summed E-state index contributed by atoms with van der Waals surface area (Å²) in [6, 6.07) is 9.97. The Morgan fingerprint density at radius 2 is 2.05 bits per heavy atom. The number of hydrogen-bond acceptors (Lipinski definition) is 5. The zero-order valence-electron chi connectivity index (χ0n) is 10.9. The Hall–Kier alpha value is -2.15. The third-order valence-electron chi connectivity index (χ3n) is 2.50. The van der Waals surface area contributed by atoms with Gasteiger partial charge in [0.05, 0.1) is 0 Å². The summed E-state index contributed by atoms with van der Waals surface area (Å²) in [4.78, 5) is 5.88. The fourth-order valence-corrected chi connectivity index (χ4v) is 1.71. The number of nitrogens with zero attached hydrogens (tertiary/aromatic N) is 4. The van der Waals surface area contributed by atoms with Crippen molar-refractivity contribution in [3.63, 3.8) is 0 Å². The van der Waals surface area contributed by atoms with Crippen molar-refractivity contribution in [3.05, 3.63) is 35.9 Å². The van der Waals surface area contributed by atoms with Crippen LogP contribution in [0, 0.1) is 0 Å². The highest BCUT2D eigenvalue weighted by Crippen LogP contribution is 2.07. The fraction of sp³-hybridized carbons (Fsp3) is 0.250. The number of rotatable bonds is 3. The van der Waals surface area contributed by atoms with Crippen LogP contribution in [0.3, 0.4) is 0 Å². The van der Waals surface area contributed by atoms with Crippen molar-refractivity contribution in [2.24, 2.45) is 0 Å². The zero-order chi connectivity index (χ0) is 13.8. The van der Waals surface area contributed by atoms with E-state index in [4.69, 9.17) is 18.0 Å². The molecule has 7 heteroatoms. The fourth-order valence-electron chi connectivity index (χ4n) is 1.50. The Kier molecular flexibility index (Phi) is 3.96. The number of thiocarbonyl (C=S) groups is 1. The summed E-state index contributed by atoms with van der Waals surface area (Å²) in [6.07, 6.45) is 0. The topological polar surface area (TPSA) is 72.0 Å². The van der Waals surface area contributed by atoms with E-state index in [9.17, 15) is 0 Å². The maximum atomic E-state index is 5.78. The van der Waals surface area contributed by atoms with E-state index < -0.39 is 0 Å². The van der Waals surface area contributed by atoms with Gasteiger partial charge in [-0.3, -0.25) is 0 Å². The van der Waals surface area contributed by atoms with Crippen LogP contribution in [0.25, 0.3) is 0 Å². The first-order chi connectivity index (χ1) is 9.08. The maximum Gasteiger partial charge on any atom is 0.246 e. The molecule has 0 aliphatic carbocycles. The van der Waals surface area contributed by atoms with Crippen LogP contribution in [-0.2, 0) is 6.54 Å². The van der Waals surface area contributed by atoms with Crippen LogP contribution in [0.2, 0.25) is 0 Å². The van der Waals surface area contributed by atoms with Crippen LogP contribution >= 0.6 is 12.2 Å². The van der Waals surface area contributed by atoms with Gasteiger partial charge in [0.1, 0.15) is 0 Å². The van der Waals surface area contributed by atoms with E-state index in [0.717, 1.165) is 5.56 Å². The molecule has 2 aromatic rings. The van der Waals surface area contributed by atoms with Crippen molar-refractivity contribution in [1.29, 1.82) is 0 Å². The third kappa shape index (κ3) is 3.19. The van der Waals surface area contributed by atoms with E-state index in [1.54, 1.807) is 4.90 Å². The van der Waals surface area contributed by atoms with Gasteiger partial charge in [0.25, 0.3) is 0 Å².